The van der Waals surface area contributed by atoms with E-state index in [0.29, 0.717) is 11.4 Å². The number of rotatable bonds is 4. The number of benzene rings is 1. The third-order valence-corrected chi connectivity index (χ3v) is 2.80. The summed E-state index contributed by atoms with van der Waals surface area (Å²) in [6.07, 6.45) is 4.61. The lowest BCUT2D eigenvalue weighted by Crippen LogP contribution is -2.15. The van der Waals surface area contributed by atoms with Crippen molar-refractivity contribution in [2.24, 2.45) is 0 Å². The number of carbonyl (C=O) groups is 1. The zero-order valence-corrected chi connectivity index (χ0v) is 11.5. The molecule has 0 atom stereocenters. The summed E-state index contributed by atoms with van der Waals surface area (Å²) in [5.41, 5.74) is 2.31. The van der Waals surface area contributed by atoms with Gasteiger partial charge < -0.3 is 10.6 Å². The van der Waals surface area contributed by atoms with Crippen molar-refractivity contribution in [1.82, 2.24) is 4.98 Å². The van der Waals surface area contributed by atoms with Crippen LogP contribution in [-0.4, -0.2) is 10.9 Å². The van der Waals surface area contributed by atoms with Gasteiger partial charge >= 0.3 is 0 Å². The molecular weight excluding hydrogens is 264 g/mol. The van der Waals surface area contributed by atoms with Crippen molar-refractivity contribution in [1.29, 1.82) is 5.26 Å². The van der Waals surface area contributed by atoms with Crippen molar-refractivity contribution < 1.29 is 4.79 Å². The van der Waals surface area contributed by atoms with Crippen LogP contribution in [-0.2, 0) is 4.79 Å². The van der Waals surface area contributed by atoms with Gasteiger partial charge in [-0.2, -0.15) is 5.26 Å². The standard InChI is InChI=1S/C16H14N4O/c1-12-5-2-3-7-15(12)20-16(21)13(9-17)10-19-14-6-4-8-18-11-14/h2-8,10-11,19H,1H3,(H,20,21)/b13-10-. The van der Waals surface area contributed by atoms with Crippen molar-refractivity contribution in [2.75, 3.05) is 10.6 Å². The van der Waals surface area contributed by atoms with Crippen LogP contribution in [0.3, 0.4) is 0 Å². The van der Waals surface area contributed by atoms with Crippen LogP contribution in [0.1, 0.15) is 5.56 Å². The molecule has 1 heterocycles. The van der Waals surface area contributed by atoms with E-state index in [-0.39, 0.29) is 5.57 Å². The fourth-order valence-electron chi connectivity index (χ4n) is 1.66. The number of nitrogens with zero attached hydrogens (tertiary/aromatic N) is 2. The molecule has 2 aromatic rings. The molecule has 1 aromatic heterocycles. The molecule has 2 N–H and O–H groups in total. The van der Waals surface area contributed by atoms with Crippen LogP contribution in [0.5, 0.6) is 0 Å². The van der Waals surface area contributed by atoms with Gasteiger partial charge in [-0.3, -0.25) is 9.78 Å². The second kappa shape index (κ2) is 6.87. The number of carbonyl (C=O) groups excluding carboxylic acids is 1. The molecule has 0 fully saturated rings. The summed E-state index contributed by atoms with van der Waals surface area (Å²) in [7, 11) is 0. The van der Waals surface area contributed by atoms with Gasteiger partial charge in [0.15, 0.2) is 0 Å². The van der Waals surface area contributed by atoms with Gasteiger partial charge in [-0.05, 0) is 30.7 Å². The number of aromatic nitrogens is 1. The molecule has 0 bridgehead atoms. The Balaban J connectivity index is 2.09. The van der Waals surface area contributed by atoms with E-state index in [1.807, 2.05) is 31.2 Å². The molecule has 5 nitrogen and oxygen atoms in total. The molecular formula is C16H14N4O. The minimum atomic E-state index is -0.455. The van der Waals surface area contributed by atoms with E-state index < -0.39 is 5.91 Å². The molecule has 1 aromatic carbocycles. The van der Waals surface area contributed by atoms with E-state index in [1.165, 1.54) is 6.20 Å². The van der Waals surface area contributed by atoms with Crippen molar-refractivity contribution >= 4 is 17.3 Å². The SMILES string of the molecule is Cc1ccccc1NC(=O)/C(C#N)=C\Nc1cccnc1. The highest BCUT2D eigenvalue weighted by Crippen LogP contribution is 2.14. The predicted molar refractivity (Wildman–Crippen MR) is 81.4 cm³/mol. The van der Waals surface area contributed by atoms with Crippen molar-refractivity contribution in [3.8, 4) is 6.07 Å². The fraction of sp³-hybridized carbons (Fsp3) is 0.0625. The molecule has 0 spiro atoms. The monoisotopic (exact) mass is 278 g/mol. The first-order valence-corrected chi connectivity index (χ1v) is 6.34. The summed E-state index contributed by atoms with van der Waals surface area (Å²) < 4.78 is 0. The lowest BCUT2D eigenvalue weighted by molar-refractivity contribution is -0.112. The number of para-hydroxylation sites is 1. The first-order chi connectivity index (χ1) is 10.2. The third-order valence-electron chi connectivity index (χ3n) is 2.80. The quantitative estimate of drug-likeness (QED) is 0.666. The zero-order valence-electron chi connectivity index (χ0n) is 11.5. The minimum Gasteiger partial charge on any atom is -0.359 e. The Morgan fingerprint density at radius 3 is 2.76 bits per heavy atom. The Hall–Kier alpha value is -3.13. The second-order valence-electron chi connectivity index (χ2n) is 4.32. The summed E-state index contributed by atoms with van der Waals surface area (Å²) in [6.45, 7) is 1.89. The van der Waals surface area contributed by atoms with Gasteiger partial charge in [0.2, 0.25) is 0 Å². The summed E-state index contributed by atoms with van der Waals surface area (Å²) in [5.74, 6) is -0.455. The number of anilines is 2. The second-order valence-corrected chi connectivity index (χ2v) is 4.32. The fourth-order valence-corrected chi connectivity index (χ4v) is 1.66. The molecule has 0 saturated carbocycles. The van der Waals surface area contributed by atoms with Gasteiger partial charge in [-0.15, -0.1) is 0 Å². The maximum Gasteiger partial charge on any atom is 0.267 e. The molecule has 1 amide bonds. The van der Waals surface area contributed by atoms with E-state index in [9.17, 15) is 4.79 Å². The van der Waals surface area contributed by atoms with Crippen LogP contribution in [0.15, 0.2) is 60.6 Å². The maximum atomic E-state index is 12.1. The molecule has 0 unspecified atom stereocenters. The minimum absolute atomic E-state index is 0.0119. The molecule has 21 heavy (non-hydrogen) atoms. The first kappa shape index (κ1) is 14.3. The Morgan fingerprint density at radius 1 is 1.29 bits per heavy atom. The molecule has 0 aliphatic rings. The van der Waals surface area contributed by atoms with E-state index in [1.54, 1.807) is 30.6 Å². The van der Waals surface area contributed by atoms with Crippen LogP contribution in [0.4, 0.5) is 11.4 Å². The van der Waals surface area contributed by atoms with Crippen molar-refractivity contribution in [2.45, 2.75) is 6.92 Å². The summed E-state index contributed by atoms with van der Waals surface area (Å²) in [5, 5.41) is 14.7. The number of hydrogen-bond donors (Lipinski definition) is 2. The zero-order chi connectivity index (χ0) is 15.1. The molecule has 0 radical (unpaired) electrons. The average molecular weight is 278 g/mol. The van der Waals surface area contributed by atoms with Gasteiger partial charge in [-0.1, -0.05) is 18.2 Å². The lowest BCUT2D eigenvalue weighted by Gasteiger charge is -2.07. The highest BCUT2D eigenvalue weighted by Gasteiger charge is 2.10. The third kappa shape index (κ3) is 3.91. The average Bonchev–Trinajstić information content (AvgIpc) is 2.51. The van der Waals surface area contributed by atoms with Crippen LogP contribution in [0.2, 0.25) is 0 Å². The predicted octanol–water partition coefficient (Wildman–Crippen LogP) is 2.85. The number of pyridine rings is 1. The Morgan fingerprint density at radius 2 is 2.10 bits per heavy atom. The van der Waals surface area contributed by atoms with Gasteiger partial charge in [0.05, 0.1) is 11.9 Å². The van der Waals surface area contributed by atoms with Crippen LogP contribution in [0, 0.1) is 18.3 Å². The molecule has 104 valence electrons. The van der Waals surface area contributed by atoms with E-state index in [4.69, 9.17) is 5.26 Å². The van der Waals surface area contributed by atoms with Crippen LogP contribution < -0.4 is 10.6 Å². The van der Waals surface area contributed by atoms with Gasteiger partial charge in [0.1, 0.15) is 11.6 Å². The normalized spacial score (nSPS) is 10.6. The Bertz CT molecular complexity index is 702. The lowest BCUT2D eigenvalue weighted by atomic mass is 10.2. The van der Waals surface area contributed by atoms with Crippen molar-refractivity contribution in [3.05, 3.63) is 66.1 Å². The van der Waals surface area contributed by atoms with Crippen LogP contribution >= 0.6 is 0 Å². The van der Waals surface area contributed by atoms with E-state index >= 15 is 0 Å². The summed E-state index contributed by atoms with van der Waals surface area (Å²) in [6, 6.07) is 12.8. The molecule has 0 aliphatic carbocycles. The number of hydrogen-bond acceptors (Lipinski definition) is 4. The van der Waals surface area contributed by atoms with E-state index in [0.717, 1.165) is 5.56 Å². The van der Waals surface area contributed by atoms with E-state index in [2.05, 4.69) is 15.6 Å². The summed E-state index contributed by atoms with van der Waals surface area (Å²) >= 11 is 0. The number of nitrogens with one attached hydrogen (secondary N) is 2. The highest BCUT2D eigenvalue weighted by atomic mass is 16.1. The van der Waals surface area contributed by atoms with Crippen molar-refractivity contribution in [3.63, 3.8) is 0 Å². The van der Waals surface area contributed by atoms with Gasteiger partial charge in [0, 0.05) is 18.1 Å². The Labute approximate surface area is 122 Å². The highest BCUT2D eigenvalue weighted by molar-refractivity contribution is 6.07. The maximum absolute atomic E-state index is 12.1. The van der Waals surface area contributed by atoms with Gasteiger partial charge in [-0.25, -0.2) is 0 Å². The number of amides is 1. The van der Waals surface area contributed by atoms with Gasteiger partial charge in [0.25, 0.3) is 5.91 Å². The molecule has 0 aliphatic heterocycles. The number of aryl methyl sites for hydroxylation is 1. The van der Waals surface area contributed by atoms with Crippen LogP contribution in [0.25, 0.3) is 0 Å². The molecule has 0 saturated heterocycles. The molecule has 2 rings (SSSR count). The largest absolute Gasteiger partial charge is 0.359 e. The smallest absolute Gasteiger partial charge is 0.267 e. The molecule has 5 heteroatoms. The first-order valence-electron chi connectivity index (χ1n) is 6.34. The Kier molecular flexibility index (Phi) is 4.67. The summed E-state index contributed by atoms with van der Waals surface area (Å²) in [4.78, 5) is 16.0. The topological polar surface area (TPSA) is 77.8 Å². The number of nitriles is 1.